The Bertz CT molecular complexity index is 811. The molecule has 3 heterocycles. The summed E-state index contributed by atoms with van der Waals surface area (Å²) >= 11 is 1.54. The van der Waals surface area contributed by atoms with Gasteiger partial charge in [0.05, 0.1) is 35.8 Å². The van der Waals surface area contributed by atoms with Crippen molar-refractivity contribution < 1.29 is 14.7 Å². The normalized spacial score (nSPS) is 14.8. The lowest BCUT2D eigenvalue weighted by Crippen LogP contribution is -2.38. The second kappa shape index (κ2) is 7.59. The summed E-state index contributed by atoms with van der Waals surface area (Å²) < 4.78 is 1.81. The molecule has 0 spiro atoms. The van der Waals surface area contributed by atoms with Gasteiger partial charge in [0.1, 0.15) is 6.10 Å². The minimum atomic E-state index is -0.934. The first-order valence-electron chi connectivity index (χ1n) is 8.71. The van der Waals surface area contributed by atoms with Crippen LogP contribution in [0.5, 0.6) is 0 Å². The van der Waals surface area contributed by atoms with Gasteiger partial charge in [-0.25, -0.2) is 0 Å². The Morgan fingerprint density at radius 2 is 2.12 bits per heavy atom. The summed E-state index contributed by atoms with van der Waals surface area (Å²) in [6, 6.07) is 5.68. The van der Waals surface area contributed by atoms with Gasteiger partial charge in [0.15, 0.2) is 0 Å². The summed E-state index contributed by atoms with van der Waals surface area (Å²) in [4.78, 5) is 29.7. The van der Waals surface area contributed by atoms with Gasteiger partial charge in [0.2, 0.25) is 5.91 Å². The molecule has 0 radical (unpaired) electrons. The van der Waals surface area contributed by atoms with E-state index in [1.54, 1.807) is 20.2 Å². The fraction of sp³-hybridized carbons (Fsp3) is 0.500. The zero-order valence-electron chi connectivity index (χ0n) is 15.3. The summed E-state index contributed by atoms with van der Waals surface area (Å²) in [5.74, 6) is -0.114. The van der Waals surface area contributed by atoms with E-state index in [1.165, 1.54) is 21.1 Å². The molecule has 0 saturated heterocycles. The Hall–Kier alpha value is -2.19. The highest BCUT2D eigenvalue weighted by molar-refractivity contribution is 7.14. The Morgan fingerprint density at radius 1 is 1.35 bits per heavy atom. The van der Waals surface area contributed by atoms with Crippen LogP contribution < -0.4 is 0 Å². The van der Waals surface area contributed by atoms with Crippen LogP contribution >= 0.6 is 11.3 Å². The number of thiophene rings is 1. The molecule has 1 atom stereocenters. The van der Waals surface area contributed by atoms with Crippen molar-refractivity contribution in [2.45, 2.75) is 39.0 Å². The predicted octanol–water partition coefficient (Wildman–Crippen LogP) is 1.67. The van der Waals surface area contributed by atoms with Gasteiger partial charge in [0, 0.05) is 25.5 Å². The van der Waals surface area contributed by atoms with E-state index in [4.69, 9.17) is 0 Å². The molecule has 26 heavy (non-hydrogen) atoms. The Kier molecular flexibility index (Phi) is 5.43. The molecule has 0 fully saturated rings. The van der Waals surface area contributed by atoms with E-state index < -0.39 is 6.10 Å². The number of amides is 2. The van der Waals surface area contributed by atoms with Crippen LogP contribution in [-0.2, 0) is 24.3 Å². The maximum absolute atomic E-state index is 12.7. The third-order valence-electron chi connectivity index (χ3n) is 4.53. The maximum Gasteiger partial charge on any atom is 0.264 e. The second-order valence-corrected chi connectivity index (χ2v) is 7.81. The van der Waals surface area contributed by atoms with E-state index >= 15 is 0 Å². The van der Waals surface area contributed by atoms with Crippen molar-refractivity contribution in [1.82, 2.24) is 19.6 Å². The molecular weight excluding hydrogens is 352 g/mol. The number of aryl methyl sites for hydroxylation is 1. The zero-order chi connectivity index (χ0) is 18.8. The SMILES string of the molecule is CCc1ccc(C(=O)N2CCn3nc([C@H](O)CC(=O)N(C)C)cc3C2)s1. The highest BCUT2D eigenvalue weighted by Crippen LogP contribution is 2.24. The molecule has 1 aliphatic heterocycles. The van der Waals surface area contributed by atoms with E-state index in [9.17, 15) is 14.7 Å². The first-order chi connectivity index (χ1) is 12.4. The molecule has 2 amide bonds. The van der Waals surface area contributed by atoms with Crippen LogP contribution in [0.3, 0.4) is 0 Å². The molecule has 1 N–H and O–H groups in total. The van der Waals surface area contributed by atoms with Crippen LogP contribution in [0, 0.1) is 0 Å². The monoisotopic (exact) mass is 376 g/mol. The number of rotatable bonds is 5. The molecule has 2 aromatic heterocycles. The standard InChI is InChI=1S/C18H24N4O3S/c1-4-13-5-6-16(26-13)18(25)21-7-8-22-12(11-21)9-14(19-22)15(23)10-17(24)20(2)3/h5-6,9,15,23H,4,7-8,10-11H2,1-3H3/t15-/m1/s1. The molecular formula is C18H24N4O3S. The van der Waals surface area contributed by atoms with E-state index in [0.29, 0.717) is 25.3 Å². The number of aliphatic hydroxyl groups excluding tert-OH is 1. The molecule has 1 aliphatic rings. The van der Waals surface area contributed by atoms with Gasteiger partial charge >= 0.3 is 0 Å². The number of carbonyl (C=O) groups excluding carboxylic acids is 2. The topological polar surface area (TPSA) is 78.7 Å². The quantitative estimate of drug-likeness (QED) is 0.861. The zero-order valence-corrected chi connectivity index (χ0v) is 16.1. The Balaban J connectivity index is 1.70. The van der Waals surface area contributed by atoms with Crippen molar-refractivity contribution in [3.63, 3.8) is 0 Å². The van der Waals surface area contributed by atoms with Crippen molar-refractivity contribution >= 4 is 23.2 Å². The van der Waals surface area contributed by atoms with Crippen molar-refractivity contribution in [2.75, 3.05) is 20.6 Å². The van der Waals surface area contributed by atoms with Gasteiger partial charge in [-0.15, -0.1) is 11.3 Å². The summed E-state index contributed by atoms with van der Waals surface area (Å²) in [7, 11) is 3.32. The lowest BCUT2D eigenvalue weighted by Gasteiger charge is -2.27. The van der Waals surface area contributed by atoms with Gasteiger partial charge < -0.3 is 14.9 Å². The fourth-order valence-electron chi connectivity index (χ4n) is 2.92. The molecule has 0 aromatic carbocycles. The van der Waals surface area contributed by atoms with Crippen LogP contribution in [0.2, 0.25) is 0 Å². The number of nitrogens with zero attached hydrogens (tertiary/aromatic N) is 4. The van der Waals surface area contributed by atoms with Gasteiger partial charge in [-0.2, -0.15) is 5.10 Å². The number of carbonyl (C=O) groups is 2. The molecule has 0 unspecified atom stereocenters. The van der Waals surface area contributed by atoms with Gasteiger partial charge in [-0.1, -0.05) is 6.92 Å². The first kappa shape index (κ1) is 18.6. The Labute approximate surface area is 156 Å². The van der Waals surface area contributed by atoms with Gasteiger partial charge in [0.25, 0.3) is 5.91 Å². The average molecular weight is 376 g/mol. The lowest BCUT2D eigenvalue weighted by molar-refractivity contribution is -0.130. The number of hydrogen-bond acceptors (Lipinski definition) is 5. The molecule has 140 valence electrons. The van der Waals surface area contributed by atoms with Crippen molar-refractivity contribution in [3.8, 4) is 0 Å². The minimum Gasteiger partial charge on any atom is -0.386 e. The van der Waals surface area contributed by atoms with Crippen LogP contribution in [0.1, 0.15) is 45.4 Å². The molecule has 2 aromatic rings. The molecule has 7 nitrogen and oxygen atoms in total. The third-order valence-corrected chi connectivity index (χ3v) is 5.75. The third kappa shape index (κ3) is 3.81. The molecule has 3 rings (SSSR count). The minimum absolute atomic E-state index is 0.00108. The van der Waals surface area contributed by atoms with Crippen LogP contribution in [0.15, 0.2) is 18.2 Å². The number of aliphatic hydroxyl groups is 1. The maximum atomic E-state index is 12.7. The average Bonchev–Trinajstić information content (AvgIpc) is 3.26. The van der Waals surface area contributed by atoms with Gasteiger partial charge in [-0.05, 0) is 24.6 Å². The fourth-order valence-corrected chi connectivity index (χ4v) is 3.83. The van der Waals surface area contributed by atoms with Crippen molar-refractivity contribution in [3.05, 3.63) is 39.3 Å². The molecule has 0 bridgehead atoms. The molecule has 8 heteroatoms. The summed E-state index contributed by atoms with van der Waals surface area (Å²) in [6.07, 6.45) is -0.00445. The van der Waals surface area contributed by atoms with Crippen LogP contribution in [-0.4, -0.2) is 57.1 Å². The van der Waals surface area contributed by atoms with Crippen LogP contribution in [0.4, 0.5) is 0 Å². The molecule has 0 saturated carbocycles. The number of hydrogen-bond donors (Lipinski definition) is 1. The number of fused-ring (bicyclic) bond motifs is 1. The second-order valence-electron chi connectivity index (χ2n) is 6.64. The molecule has 0 aliphatic carbocycles. The predicted molar refractivity (Wildman–Crippen MR) is 98.9 cm³/mol. The largest absolute Gasteiger partial charge is 0.386 e. The van der Waals surface area contributed by atoms with E-state index in [0.717, 1.165) is 17.0 Å². The van der Waals surface area contributed by atoms with E-state index in [-0.39, 0.29) is 18.2 Å². The van der Waals surface area contributed by atoms with E-state index in [2.05, 4.69) is 12.0 Å². The highest BCUT2D eigenvalue weighted by Gasteiger charge is 2.26. The number of aromatic nitrogens is 2. The van der Waals surface area contributed by atoms with Crippen LogP contribution in [0.25, 0.3) is 0 Å². The summed E-state index contributed by atoms with van der Waals surface area (Å²) in [5, 5.41) is 14.7. The smallest absolute Gasteiger partial charge is 0.264 e. The first-order valence-corrected chi connectivity index (χ1v) is 9.53. The van der Waals surface area contributed by atoms with E-state index in [1.807, 2.05) is 21.7 Å². The summed E-state index contributed by atoms with van der Waals surface area (Å²) in [5.41, 5.74) is 1.36. The van der Waals surface area contributed by atoms with Crippen molar-refractivity contribution in [2.24, 2.45) is 0 Å². The Morgan fingerprint density at radius 3 is 2.77 bits per heavy atom. The van der Waals surface area contributed by atoms with Gasteiger partial charge in [-0.3, -0.25) is 14.3 Å². The summed E-state index contributed by atoms with van der Waals surface area (Å²) in [6.45, 7) is 3.70. The van der Waals surface area contributed by atoms with Crippen molar-refractivity contribution in [1.29, 1.82) is 0 Å². The lowest BCUT2D eigenvalue weighted by atomic mass is 10.1. The highest BCUT2D eigenvalue weighted by atomic mass is 32.1.